The zero-order chi connectivity index (χ0) is 19.8. The van der Waals surface area contributed by atoms with Gasteiger partial charge in [-0.15, -0.1) is 0 Å². The van der Waals surface area contributed by atoms with Gasteiger partial charge in [0.15, 0.2) is 18.1 Å². The molecule has 7 heteroatoms. The number of fused-ring (bicyclic) bond motifs is 1. The van der Waals surface area contributed by atoms with Gasteiger partial charge in [0.1, 0.15) is 11.3 Å². The maximum absolute atomic E-state index is 12.6. The SMILES string of the molecule is Cc1occc1C(=O)OCC(=O)c1cc(C)n(-c2ccc3c(c2)OCO3)c1C. The Labute approximate surface area is 161 Å². The van der Waals surface area contributed by atoms with Crippen LogP contribution in [0.3, 0.4) is 0 Å². The summed E-state index contributed by atoms with van der Waals surface area (Å²) in [6, 6.07) is 8.93. The summed E-state index contributed by atoms with van der Waals surface area (Å²) >= 11 is 0. The predicted octanol–water partition coefficient (Wildman–Crippen LogP) is 3.76. The van der Waals surface area contributed by atoms with Gasteiger partial charge in [0.25, 0.3) is 0 Å². The van der Waals surface area contributed by atoms with Crippen molar-refractivity contribution in [2.75, 3.05) is 13.4 Å². The van der Waals surface area contributed by atoms with Crippen LogP contribution in [0.1, 0.15) is 37.9 Å². The van der Waals surface area contributed by atoms with E-state index in [1.165, 1.54) is 12.3 Å². The van der Waals surface area contributed by atoms with Crippen LogP contribution < -0.4 is 9.47 Å². The third kappa shape index (κ3) is 3.05. The summed E-state index contributed by atoms with van der Waals surface area (Å²) < 4.78 is 23.0. The minimum Gasteiger partial charge on any atom is -0.469 e. The van der Waals surface area contributed by atoms with E-state index in [9.17, 15) is 9.59 Å². The lowest BCUT2D eigenvalue weighted by Crippen LogP contribution is -2.15. The number of aryl methyl sites for hydroxylation is 2. The molecule has 144 valence electrons. The van der Waals surface area contributed by atoms with Gasteiger partial charge in [-0.2, -0.15) is 0 Å². The predicted molar refractivity (Wildman–Crippen MR) is 99.4 cm³/mol. The summed E-state index contributed by atoms with van der Waals surface area (Å²) in [4.78, 5) is 24.7. The number of ether oxygens (including phenoxy) is 3. The standard InChI is InChI=1S/C21H19NO6/c1-12-8-17(18(23)10-26-21(24)16-6-7-25-14(16)3)13(2)22(12)15-4-5-19-20(9-15)28-11-27-19/h4-9H,10-11H2,1-3H3. The first-order valence-corrected chi connectivity index (χ1v) is 8.79. The van der Waals surface area contributed by atoms with Gasteiger partial charge in [-0.3, -0.25) is 4.79 Å². The number of aromatic nitrogens is 1. The Kier molecular flexibility index (Phi) is 4.43. The Hall–Kier alpha value is -3.48. The van der Waals surface area contributed by atoms with Crippen LogP contribution >= 0.6 is 0 Å². The second kappa shape index (κ2) is 6.92. The molecule has 0 fully saturated rings. The van der Waals surface area contributed by atoms with Gasteiger partial charge in [0.05, 0.1) is 6.26 Å². The Morgan fingerprint density at radius 3 is 2.57 bits per heavy atom. The number of furan rings is 1. The van der Waals surface area contributed by atoms with E-state index in [2.05, 4.69) is 0 Å². The smallest absolute Gasteiger partial charge is 0.342 e. The lowest BCUT2D eigenvalue weighted by Gasteiger charge is -2.11. The highest BCUT2D eigenvalue weighted by molar-refractivity contribution is 6.00. The van der Waals surface area contributed by atoms with E-state index in [-0.39, 0.29) is 19.2 Å². The summed E-state index contributed by atoms with van der Waals surface area (Å²) in [6.07, 6.45) is 1.41. The van der Waals surface area contributed by atoms with Crippen molar-refractivity contribution < 1.29 is 28.2 Å². The Balaban J connectivity index is 1.54. The van der Waals surface area contributed by atoms with Crippen molar-refractivity contribution in [3.05, 3.63) is 64.9 Å². The number of hydrogen-bond donors (Lipinski definition) is 0. The molecule has 0 atom stereocenters. The molecule has 28 heavy (non-hydrogen) atoms. The highest BCUT2D eigenvalue weighted by atomic mass is 16.7. The number of carbonyl (C=O) groups is 2. The number of carbonyl (C=O) groups excluding carboxylic acids is 2. The molecular formula is C21H19NO6. The van der Waals surface area contributed by atoms with E-state index in [4.69, 9.17) is 18.6 Å². The first-order valence-electron chi connectivity index (χ1n) is 8.79. The maximum Gasteiger partial charge on any atom is 0.342 e. The highest BCUT2D eigenvalue weighted by Gasteiger charge is 2.21. The van der Waals surface area contributed by atoms with Crippen LogP contribution in [-0.2, 0) is 4.74 Å². The lowest BCUT2D eigenvalue weighted by molar-refractivity contribution is 0.0472. The van der Waals surface area contributed by atoms with Crippen LogP contribution in [0.25, 0.3) is 5.69 Å². The summed E-state index contributed by atoms with van der Waals surface area (Å²) in [5.74, 6) is 0.975. The average Bonchev–Trinajstić information content (AvgIpc) is 3.38. The normalized spacial score (nSPS) is 12.2. The van der Waals surface area contributed by atoms with Crippen molar-refractivity contribution in [2.45, 2.75) is 20.8 Å². The van der Waals surface area contributed by atoms with Gasteiger partial charge in [0.2, 0.25) is 12.6 Å². The van der Waals surface area contributed by atoms with Crippen molar-refractivity contribution >= 4 is 11.8 Å². The molecule has 3 heterocycles. The Morgan fingerprint density at radius 2 is 1.82 bits per heavy atom. The van der Waals surface area contributed by atoms with E-state index in [1.807, 2.05) is 36.6 Å². The van der Waals surface area contributed by atoms with Crippen molar-refractivity contribution in [1.29, 1.82) is 0 Å². The molecule has 0 bridgehead atoms. The second-order valence-electron chi connectivity index (χ2n) is 6.55. The van der Waals surface area contributed by atoms with Gasteiger partial charge in [-0.1, -0.05) is 0 Å². The summed E-state index contributed by atoms with van der Waals surface area (Å²) in [5, 5.41) is 0. The molecule has 1 aliphatic heterocycles. The van der Waals surface area contributed by atoms with Crippen LogP contribution in [0, 0.1) is 20.8 Å². The first kappa shape index (κ1) is 17.9. The largest absolute Gasteiger partial charge is 0.469 e. The molecule has 0 spiro atoms. The zero-order valence-corrected chi connectivity index (χ0v) is 15.8. The molecule has 3 aromatic rings. The van der Waals surface area contributed by atoms with Crippen molar-refractivity contribution in [3.8, 4) is 17.2 Å². The fourth-order valence-electron chi connectivity index (χ4n) is 3.35. The first-order chi connectivity index (χ1) is 13.5. The minimum atomic E-state index is -0.579. The van der Waals surface area contributed by atoms with Gasteiger partial charge < -0.3 is 23.2 Å². The fourth-order valence-corrected chi connectivity index (χ4v) is 3.35. The second-order valence-corrected chi connectivity index (χ2v) is 6.55. The quantitative estimate of drug-likeness (QED) is 0.494. The van der Waals surface area contributed by atoms with Gasteiger partial charge >= 0.3 is 5.97 Å². The van der Waals surface area contributed by atoms with E-state index in [1.54, 1.807) is 13.0 Å². The number of nitrogens with zero attached hydrogens (tertiary/aromatic N) is 1. The van der Waals surface area contributed by atoms with Gasteiger partial charge in [0, 0.05) is 28.7 Å². The molecule has 0 amide bonds. The van der Waals surface area contributed by atoms with Crippen LogP contribution in [0.2, 0.25) is 0 Å². The number of ketones is 1. The maximum atomic E-state index is 12.6. The third-order valence-electron chi connectivity index (χ3n) is 4.76. The van der Waals surface area contributed by atoms with E-state index < -0.39 is 5.97 Å². The van der Waals surface area contributed by atoms with E-state index in [0.717, 1.165) is 17.1 Å². The van der Waals surface area contributed by atoms with Crippen molar-refractivity contribution in [3.63, 3.8) is 0 Å². The molecule has 0 radical (unpaired) electrons. The average molecular weight is 381 g/mol. The summed E-state index contributed by atoms with van der Waals surface area (Å²) in [7, 11) is 0. The molecule has 4 rings (SSSR count). The Morgan fingerprint density at radius 1 is 1.04 bits per heavy atom. The molecule has 0 aliphatic carbocycles. The molecule has 0 saturated carbocycles. The number of hydrogen-bond acceptors (Lipinski definition) is 6. The molecule has 2 aromatic heterocycles. The van der Waals surface area contributed by atoms with Gasteiger partial charge in [-0.05, 0) is 45.0 Å². The molecule has 0 saturated heterocycles. The number of Topliss-reactive ketones (excluding diaryl/α,β-unsaturated/α-hetero) is 1. The van der Waals surface area contributed by atoms with Crippen LogP contribution in [0.15, 0.2) is 41.0 Å². The monoisotopic (exact) mass is 381 g/mol. The number of esters is 1. The lowest BCUT2D eigenvalue weighted by atomic mass is 10.1. The minimum absolute atomic E-state index is 0.202. The summed E-state index contributed by atoms with van der Waals surface area (Å²) in [5.41, 5.74) is 3.34. The highest BCUT2D eigenvalue weighted by Crippen LogP contribution is 2.34. The molecule has 0 N–H and O–H groups in total. The van der Waals surface area contributed by atoms with Crippen LogP contribution in [0.5, 0.6) is 11.5 Å². The van der Waals surface area contributed by atoms with E-state index >= 15 is 0 Å². The van der Waals surface area contributed by atoms with Crippen molar-refractivity contribution in [2.24, 2.45) is 0 Å². The van der Waals surface area contributed by atoms with Crippen molar-refractivity contribution in [1.82, 2.24) is 4.57 Å². The number of rotatable bonds is 5. The number of benzene rings is 1. The molecule has 1 aromatic carbocycles. The zero-order valence-electron chi connectivity index (χ0n) is 15.8. The molecule has 1 aliphatic rings. The molecular weight excluding hydrogens is 362 g/mol. The van der Waals surface area contributed by atoms with Crippen LogP contribution in [-0.4, -0.2) is 29.7 Å². The molecule has 0 unspecified atom stereocenters. The molecule has 7 nitrogen and oxygen atoms in total. The fraction of sp³-hybridized carbons (Fsp3) is 0.238. The topological polar surface area (TPSA) is 79.9 Å². The van der Waals surface area contributed by atoms with E-state index in [0.29, 0.717) is 28.4 Å². The Bertz CT molecular complexity index is 1070. The van der Waals surface area contributed by atoms with Crippen LogP contribution in [0.4, 0.5) is 0 Å². The summed E-state index contributed by atoms with van der Waals surface area (Å²) in [6.45, 7) is 5.29. The third-order valence-corrected chi connectivity index (χ3v) is 4.76. The van der Waals surface area contributed by atoms with Gasteiger partial charge in [-0.25, -0.2) is 4.79 Å².